The number of carbonyl (C=O) groups excluding carboxylic acids is 1. The number of carbonyl (C=O) groups is 1. The van der Waals surface area contributed by atoms with E-state index >= 15 is 0 Å². The van der Waals surface area contributed by atoms with Gasteiger partial charge < -0.3 is 0 Å². The molecule has 1 nitrogen and oxygen atoms in total. The molecule has 110 valence electrons. The molecule has 0 spiro atoms. The minimum atomic E-state index is 0.318. The third-order valence-electron chi connectivity index (χ3n) is 4.00. The normalized spacial score (nSPS) is 17.0. The predicted octanol–water partition coefficient (Wildman–Crippen LogP) is 5.13. The number of hydrogen-bond acceptors (Lipinski definition) is 2. The molecule has 3 rings (SSSR count). The van der Waals surface area contributed by atoms with Crippen molar-refractivity contribution in [2.45, 2.75) is 41.7 Å². The average Bonchev–Trinajstić information content (AvgIpc) is 3.21. The van der Waals surface area contributed by atoms with Crippen molar-refractivity contribution in [1.29, 1.82) is 0 Å². The zero-order chi connectivity index (χ0) is 14.5. The first-order valence-corrected chi connectivity index (χ1v) is 10.5. The van der Waals surface area contributed by atoms with Gasteiger partial charge in [0.25, 0.3) is 0 Å². The van der Waals surface area contributed by atoms with Crippen LogP contribution in [0.2, 0.25) is 4.82 Å². The Morgan fingerprint density at radius 1 is 1.14 bits per heavy atom. The molecule has 1 aliphatic rings. The number of hydrogen-bond donors (Lipinski definition) is 0. The van der Waals surface area contributed by atoms with Crippen LogP contribution in [0.1, 0.15) is 52.2 Å². The third kappa shape index (κ3) is 4.06. The van der Waals surface area contributed by atoms with E-state index in [1.54, 1.807) is 11.3 Å². The van der Waals surface area contributed by atoms with Crippen LogP contribution in [-0.4, -0.2) is 20.7 Å². The Balaban J connectivity index is 1.73. The predicted molar refractivity (Wildman–Crippen MR) is 90.4 cm³/mol. The molecule has 0 aliphatic heterocycles. The topological polar surface area (TPSA) is 17.1 Å². The fourth-order valence-electron chi connectivity index (χ4n) is 2.88. The second kappa shape index (κ2) is 7.40. The summed E-state index contributed by atoms with van der Waals surface area (Å²) < 4.78 is 0. The van der Waals surface area contributed by atoms with Gasteiger partial charge in [-0.25, -0.2) is 0 Å². The maximum atomic E-state index is 12.5. The Morgan fingerprint density at radius 2 is 1.90 bits per heavy atom. The van der Waals surface area contributed by atoms with Crippen LogP contribution in [0, 0.1) is 0 Å². The molecule has 1 heterocycles. The fourth-order valence-corrected chi connectivity index (χ4v) is 6.97. The van der Waals surface area contributed by atoms with Crippen LogP contribution in [0.3, 0.4) is 0 Å². The van der Waals surface area contributed by atoms with E-state index in [0.717, 1.165) is 9.69 Å². The summed E-state index contributed by atoms with van der Waals surface area (Å²) in [4.78, 5) is 14.7. The van der Waals surface area contributed by atoms with E-state index in [0.29, 0.717) is 32.0 Å². The quantitative estimate of drug-likeness (QED) is 0.514. The summed E-state index contributed by atoms with van der Waals surface area (Å²) in [6, 6.07) is 14.6. The number of benzene rings is 1. The third-order valence-corrected chi connectivity index (χ3v) is 8.31. The molecule has 1 aromatic heterocycles. The monoisotopic (exact) mass is 364 g/mol. The first-order valence-electron chi connectivity index (χ1n) is 7.60. The van der Waals surface area contributed by atoms with Gasteiger partial charge in [-0.3, -0.25) is 0 Å². The van der Waals surface area contributed by atoms with Crippen molar-refractivity contribution in [3.8, 4) is 0 Å². The van der Waals surface area contributed by atoms with Gasteiger partial charge in [-0.05, 0) is 0 Å². The van der Waals surface area contributed by atoms with E-state index in [-0.39, 0.29) is 0 Å². The van der Waals surface area contributed by atoms with Crippen molar-refractivity contribution in [1.82, 2.24) is 0 Å². The summed E-state index contributed by atoms with van der Waals surface area (Å²) in [7, 11) is 0. The van der Waals surface area contributed by atoms with Crippen molar-refractivity contribution in [3.63, 3.8) is 0 Å². The molecule has 1 fully saturated rings. The van der Waals surface area contributed by atoms with Crippen molar-refractivity contribution >= 4 is 32.1 Å². The average molecular weight is 363 g/mol. The van der Waals surface area contributed by atoms with Crippen molar-refractivity contribution in [3.05, 3.63) is 58.3 Å². The second-order valence-corrected chi connectivity index (χ2v) is 9.66. The summed E-state index contributed by atoms with van der Waals surface area (Å²) in [5.74, 6) is 0.318. The number of rotatable bonds is 6. The van der Waals surface area contributed by atoms with Gasteiger partial charge in [-0.15, -0.1) is 0 Å². The van der Waals surface area contributed by atoms with E-state index in [1.165, 1.54) is 31.2 Å². The molecule has 0 radical (unpaired) electrons. The van der Waals surface area contributed by atoms with Crippen LogP contribution < -0.4 is 0 Å². The van der Waals surface area contributed by atoms with Crippen LogP contribution in [0.25, 0.3) is 0 Å². The Bertz CT molecular complexity index is 558. The van der Waals surface area contributed by atoms with Gasteiger partial charge in [0.05, 0.1) is 0 Å². The zero-order valence-corrected chi connectivity index (χ0v) is 14.6. The van der Waals surface area contributed by atoms with Gasteiger partial charge in [-0.2, -0.15) is 0 Å². The maximum absolute atomic E-state index is 12.5. The molecule has 1 aliphatic carbocycles. The van der Waals surface area contributed by atoms with E-state index in [4.69, 9.17) is 0 Å². The summed E-state index contributed by atoms with van der Waals surface area (Å²) in [6.07, 6.45) is 6.19. The molecule has 0 saturated heterocycles. The molecule has 3 heteroatoms. The van der Waals surface area contributed by atoms with Gasteiger partial charge in [0, 0.05) is 0 Å². The molecular formula is C18H20OSSe. The van der Waals surface area contributed by atoms with Crippen molar-refractivity contribution in [2.24, 2.45) is 0 Å². The molecule has 0 bridgehead atoms. The van der Waals surface area contributed by atoms with Crippen molar-refractivity contribution in [2.75, 3.05) is 0 Å². The Labute approximate surface area is 136 Å². The molecule has 1 aromatic carbocycles. The summed E-state index contributed by atoms with van der Waals surface area (Å²) in [5, 5.41) is 1.99. The first kappa shape index (κ1) is 15.0. The van der Waals surface area contributed by atoms with E-state index < -0.39 is 0 Å². The van der Waals surface area contributed by atoms with E-state index in [9.17, 15) is 4.79 Å². The number of Topliss-reactive ketones (excluding diaryl/α,β-unsaturated/α-hetero) is 1. The van der Waals surface area contributed by atoms with Crippen LogP contribution in [0.15, 0.2) is 47.8 Å². The van der Waals surface area contributed by atoms with Crippen LogP contribution in [-0.2, 0) is 0 Å². The number of thiophene rings is 1. The Morgan fingerprint density at radius 3 is 2.57 bits per heavy atom. The standard InChI is InChI=1S/C18H20OSSe/c19-16(17-11-6-12-20-17)13-18(14-7-2-1-3-8-14)21-15-9-4-5-10-15/h1-3,6-8,11-12,15,18H,4-5,9-10,13H2. The molecule has 1 atom stereocenters. The molecule has 1 saturated carbocycles. The first-order chi connectivity index (χ1) is 10.3. The molecule has 0 N–H and O–H groups in total. The summed E-state index contributed by atoms with van der Waals surface area (Å²) in [6.45, 7) is 0. The molecule has 1 unspecified atom stereocenters. The Kier molecular flexibility index (Phi) is 5.29. The molecule has 0 amide bonds. The van der Waals surface area contributed by atoms with Gasteiger partial charge in [0.2, 0.25) is 0 Å². The molecule has 21 heavy (non-hydrogen) atoms. The van der Waals surface area contributed by atoms with E-state index in [2.05, 4.69) is 30.3 Å². The van der Waals surface area contributed by atoms with Gasteiger partial charge >= 0.3 is 137 Å². The Hall–Kier alpha value is -0.891. The van der Waals surface area contributed by atoms with Crippen molar-refractivity contribution < 1.29 is 4.79 Å². The van der Waals surface area contributed by atoms with E-state index in [1.807, 2.05) is 17.5 Å². The van der Waals surface area contributed by atoms with Gasteiger partial charge in [-0.1, -0.05) is 0 Å². The summed E-state index contributed by atoms with van der Waals surface area (Å²) >= 11 is 2.10. The fraction of sp³-hybridized carbons (Fsp3) is 0.389. The summed E-state index contributed by atoms with van der Waals surface area (Å²) in [5.41, 5.74) is 1.36. The molecule has 2 aromatic rings. The van der Waals surface area contributed by atoms with Crippen LogP contribution >= 0.6 is 11.3 Å². The zero-order valence-electron chi connectivity index (χ0n) is 12.0. The minimum absolute atomic E-state index is 0.318. The van der Waals surface area contributed by atoms with Gasteiger partial charge in [0.15, 0.2) is 0 Å². The van der Waals surface area contributed by atoms with Crippen LogP contribution in [0.5, 0.6) is 0 Å². The van der Waals surface area contributed by atoms with Crippen LogP contribution in [0.4, 0.5) is 0 Å². The molecular weight excluding hydrogens is 343 g/mol. The number of ketones is 1. The SMILES string of the molecule is O=C(CC([Se]C1CCCC1)c1ccccc1)c1cccs1. The van der Waals surface area contributed by atoms with Gasteiger partial charge in [0.1, 0.15) is 0 Å². The second-order valence-electron chi connectivity index (χ2n) is 5.55.